The Morgan fingerprint density at radius 3 is 2.56 bits per heavy atom. The fourth-order valence-electron chi connectivity index (χ4n) is 1.39. The molecule has 0 heterocycles. The molecule has 0 aliphatic heterocycles. The molecule has 1 rings (SSSR count). The Morgan fingerprint density at radius 2 is 2.00 bits per heavy atom. The molecule has 0 unspecified atom stereocenters. The molecule has 0 aromatic heterocycles. The van der Waals surface area contributed by atoms with Crippen molar-refractivity contribution in [2.75, 3.05) is 24.2 Å². The molecule has 0 spiro atoms. The fraction of sp³-hybridized carbons (Fsp3) is 0.308. The first-order chi connectivity index (χ1) is 7.63. The summed E-state index contributed by atoms with van der Waals surface area (Å²) in [5.41, 5.74) is 8.30. The lowest BCUT2D eigenvalue weighted by molar-refractivity contribution is -0.104. The van der Waals surface area contributed by atoms with Crippen molar-refractivity contribution in [1.82, 2.24) is 0 Å². The van der Waals surface area contributed by atoms with Gasteiger partial charge in [0.25, 0.3) is 0 Å². The van der Waals surface area contributed by atoms with Crippen LogP contribution in [0.15, 0.2) is 35.9 Å². The highest BCUT2D eigenvalue weighted by Gasteiger charge is 1.98. The van der Waals surface area contributed by atoms with Crippen LogP contribution in [0.3, 0.4) is 0 Å². The van der Waals surface area contributed by atoms with Crippen LogP contribution in [-0.2, 0) is 4.79 Å². The lowest BCUT2D eigenvalue weighted by atomic mass is 10.2. The third kappa shape index (κ3) is 3.77. The molecule has 0 aliphatic carbocycles. The van der Waals surface area contributed by atoms with Crippen LogP contribution in [0.25, 0.3) is 0 Å². The van der Waals surface area contributed by atoms with Crippen molar-refractivity contribution in [1.29, 1.82) is 0 Å². The number of hydrogen-bond acceptors (Lipinski definition) is 3. The Labute approximate surface area is 96.6 Å². The standard InChI is InChI=1S/C13H18N2O/c1-11(10-16)4-3-9-15(2)13-7-5-12(14)6-8-13/h4-8,10H,3,9,14H2,1-2H3/b11-4-. The molecule has 1 aromatic rings. The van der Waals surface area contributed by atoms with Crippen molar-refractivity contribution in [3.05, 3.63) is 35.9 Å². The zero-order valence-electron chi connectivity index (χ0n) is 9.81. The maximum Gasteiger partial charge on any atom is 0.145 e. The summed E-state index contributed by atoms with van der Waals surface area (Å²) in [5.74, 6) is 0. The van der Waals surface area contributed by atoms with Gasteiger partial charge in [-0.3, -0.25) is 4.79 Å². The largest absolute Gasteiger partial charge is 0.399 e. The van der Waals surface area contributed by atoms with Crippen molar-refractivity contribution >= 4 is 17.7 Å². The normalized spacial score (nSPS) is 11.2. The molecule has 86 valence electrons. The second-order valence-electron chi connectivity index (χ2n) is 3.87. The Morgan fingerprint density at radius 1 is 1.38 bits per heavy atom. The van der Waals surface area contributed by atoms with E-state index in [4.69, 9.17) is 5.73 Å². The molecule has 0 saturated heterocycles. The number of benzene rings is 1. The number of rotatable bonds is 5. The summed E-state index contributed by atoms with van der Waals surface area (Å²) in [7, 11) is 2.02. The molecule has 0 bridgehead atoms. The highest BCUT2D eigenvalue weighted by Crippen LogP contribution is 2.14. The summed E-state index contributed by atoms with van der Waals surface area (Å²) in [6, 6.07) is 7.76. The zero-order valence-corrected chi connectivity index (χ0v) is 9.81. The lowest BCUT2D eigenvalue weighted by Gasteiger charge is -2.18. The topological polar surface area (TPSA) is 46.3 Å². The highest BCUT2D eigenvalue weighted by molar-refractivity contribution is 5.71. The first kappa shape index (κ1) is 12.3. The van der Waals surface area contributed by atoms with Gasteiger partial charge in [0.05, 0.1) is 0 Å². The Bertz CT molecular complexity index is 368. The Kier molecular flexibility index (Phi) is 4.58. The molecule has 3 nitrogen and oxygen atoms in total. The maximum atomic E-state index is 10.4. The summed E-state index contributed by atoms with van der Waals surface area (Å²) in [6.45, 7) is 2.70. The number of allylic oxidation sites excluding steroid dienone is 1. The SMILES string of the molecule is C/C(C=O)=C/CCN(C)c1ccc(N)cc1. The van der Waals surface area contributed by atoms with E-state index in [2.05, 4.69) is 4.90 Å². The Hall–Kier alpha value is -1.77. The summed E-state index contributed by atoms with van der Waals surface area (Å²) in [4.78, 5) is 12.5. The summed E-state index contributed by atoms with van der Waals surface area (Å²) < 4.78 is 0. The average molecular weight is 218 g/mol. The molecule has 0 saturated carbocycles. The van der Waals surface area contributed by atoms with Crippen molar-refractivity contribution in [3.8, 4) is 0 Å². The molecular formula is C13H18N2O. The summed E-state index contributed by atoms with van der Waals surface area (Å²) in [6.07, 6.45) is 3.69. The predicted molar refractivity (Wildman–Crippen MR) is 68.6 cm³/mol. The van der Waals surface area contributed by atoms with Crippen LogP contribution >= 0.6 is 0 Å². The average Bonchev–Trinajstić information content (AvgIpc) is 2.29. The third-order valence-electron chi connectivity index (χ3n) is 2.45. The van der Waals surface area contributed by atoms with Crippen LogP contribution < -0.4 is 10.6 Å². The van der Waals surface area contributed by atoms with Crippen molar-refractivity contribution in [2.45, 2.75) is 13.3 Å². The van der Waals surface area contributed by atoms with Gasteiger partial charge in [0.2, 0.25) is 0 Å². The van der Waals surface area contributed by atoms with Crippen molar-refractivity contribution in [2.24, 2.45) is 0 Å². The van der Waals surface area contributed by atoms with E-state index in [0.29, 0.717) is 0 Å². The second kappa shape index (κ2) is 5.95. The number of carbonyl (C=O) groups is 1. The van der Waals surface area contributed by atoms with Gasteiger partial charge in [-0.1, -0.05) is 6.08 Å². The van der Waals surface area contributed by atoms with E-state index < -0.39 is 0 Å². The van der Waals surface area contributed by atoms with Gasteiger partial charge in [-0.05, 0) is 43.2 Å². The zero-order chi connectivity index (χ0) is 12.0. The summed E-state index contributed by atoms with van der Waals surface area (Å²) >= 11 is 0. The van der Waals surface area contributed by atoms with Crippen LogP contribution in [0.1, 0.15) is 13.3 Å². The molecule has 16 heavy (non-hydrogen) atoms. The van der Waals surface area contributed by atoms with Gasteiger partial charge in [0.1, 0.15) is 6.29 Å². The summed E-state index contributed by atoms with van der Waals surface area (Å²) in [5, 5.41) is 0. The number of anilines is 2. The van der Waals surface area contributed by atoms with E-state index >= 15 is 0 Å². The van der Waals surface area contributed by atoms with Crippen LogP contribution in [-0.4, -0.2) is 19.9 Å². The van der Waals surface area contributed by atoms with Crippen LogP contribution in [0.2, 0.25) is 0 Å². The number of hydrogen-bond donors (Lipinski definition) is 1. The minimum atomic E-state index is 0.772. The van der Waals surface area contributed by atoms with Crippen LogP contribution in [0.4, 0.5) is 11.4 Å². The molecule has 0 atom stereocenters. The minimum absolute atomic E-state index is 0.772. The van der Waals surface area contributed by atoms with Crippen LogP contribution in [0.5, 0.6) is 0 Å². The van der Waals surface area contributed by atoms with Gasteiger partial charge >= 0.3 is 0 Å². The van der Waals surface area contributed by atoms with Crippen molar-refractivity contribution < 1.29 is 4.79 Å². The molecule has 0 fully saturated rings. The maximum absolute atomic E-state index is 10.4. The van der Waals surface area contributed by atoms with E-state index in [1.165, 1.54) is 0 Å². The molecule has 0 radical (unpaired) electrons. The molecule has 0 aliphatic rings. The van der Waals surface area contributed by atoms with Crippen LogP contribution in [0, 0.1) is 0 Å². The van der Waals surface area contributed by atoms with Gasteiger partial charge in [-0.25, -0.2) is 0 Å². The van der Waals surface area contributed by atoms with E-state index in [1.807, 2.05) is 44.3 Å². The fourth-order valence-corrected chi connectivity index (χ4v) is 1.39. The highest BCUT2D eigenvalue weighted by atomic mass is 16.1. The lowest BCUT2D eigenvalue weighted by Crippen LogP contribution is -2.17. The predicted octanol–water partition coefficient (Wildman–Crippen LogP) is 2.24. The third-order valence-corrected chi connectivity index (χ3v) is 2.45. The van der Waals surface area contributed by atoms with E-state index in [-0.39, 0.29) is 0 Å². The van der Waals surface area contributed by atoms with E-state index in [0.717, 1.165) is 36.2 Å². The molecular weight excluding hydrogens is 200 g/mol. The minimum Gasteiger partial charge on any atom is -0.399 e. The van der Waals surface area contributed by atoms with Gasteiger partial charge < -0.3 is 10.6 Å². The molecule has 1 aromatic carbocycles. The number of nitrogen functional groups attached to an aromatic ring is 1. The van der Waals surface area contributed by atoms with E-state index in [1.54, 1.807) is 0 Å². The first-order valence-corrected chi connectivity index (χ1v) is 5.32. The smallest absolute Gasteiger partial charge is 0.145 e. The number of nitrogens with two attached hydrogens (primary N) is 1. The number of carbonyl (C=O) groups excluding carboxylic acids is 1. The number of nitrogens with zero attached hydrogens (tertiary/aromatic N) is 1. The molecule has 2 N–H and O–H groups in total. The quantitative estimate of drug-likeness (QED) is 0.468. The van der Waals surface area contributed by atoms with Gasteiger partial charge in [-0.15, -0.1) is 0 Å². The van der Waals surface area contributed by atoms with Gasteiger partial charge in [0, 0.05) is 25.0 Å². The first-order valence-electron chi connectivity index (χ1n) is 5.32. The number of aldehydes is 1. The second-order valence-corrected chi connectivity index (χ2v) is 3.87. The van der Waals surface area contributed by atoms with Gasteiger partial charge in [-0.2, -0.15) is 0 Å². The molecule has 0 amide bonds. The van der Waals surface area contributed by atoms with E-state index in [9.17, 15) is 4.79 Å². The van der Waals surface area contributed by atoms with Gasteiger partial charge in [0.15, 0.2) is 0 Å². The molecule has 3 heteroatoms. The van der Waals surface area contributed by atoms with Crippen molar-refractivity contribution in [3.63, 3.8) is 0 Å². The Balaban J connectivity index is 2.49. The monoisotopic (exact) mass is 218 g/mol.